The van der Waals surface area contributed by atoms with Crippen molar-refractivity contribution in [2.75, 3.05) is 18.1 Å². The summed E-state index contributed by atoms with van der Waals surface area (Å²) < 4.78 is 47.1. The lowest BCUT2D eigenvalue weighted by Gasteiger charge is -2.16. The molecule has 0 radical (unpaired) electrons. The lowest BCUT2D eigenvalue weighted by Crippen LogP contribution is -2.28. The van der Waals surface area contributed by atoms with E-state index in [4.69, 9.17) is 4.42 Å². The number of halogens is 1. The van der Waals surface area contributed by atoms with Gasteiger partial charge in [0, 0.05) is 18.7 Å². The summed E-state index contributed by atoms with van der Waals surface area (Å²) in [5, 5.41) is 5.78. The van der Waals surface area contributed by atoms with Crippen molar-refractivity contribution in [3.8, 4) is 0 Å². The quantitative estimate of drug-likeness (QED) is 0.208. The molecule has 0 bridgehead atoms. The summed E-state index contributed by atoms with van der Waals surface area (Å²) in [6.45, 7) is 0.930. The summed E-state index contributed by atoms with van der Waals surface area (Å²) in [4.78, 5) is 31.2. The number of anilines is 1. The first-order valence-electron chi connectivity index (χ1n) is 12.4. The van der Waals surface area contributed by atoms with E-state index in [2.05, 4.69) is 10.1 Å². The number of para-hydroxylation sites is 1. The van der Waals surface area contributed by atoms with E-state index in [0.717, 1.165) is 29.2 Å². The summed E-state index contributed by atoms with van der Waals surface area (Å²) in [7, 11) is -3.66. The van der Waals surface area contributed by atoms with Gasteiger partial charge in [-0.1, -0.05) is 23.5 Å². The van der Waals surface area contributed by atoms with Gasteiger partial charge in [-0.3, -0.25) is 9.59 Å². The molecule has 6 rings (SSSR count). The summed E-state index contributed by atoms with van der Waals surface area (Å²) >= 11 is 1.04. The minimum atomic E-state index is -3.66. The van der Waals surface area contributed by atoms with Crippen molar-refractivity contribution in [3.63, 3.8) is 0 Å². The van der Waals surface area contributed by atoms with Crippen LogP contribution < -0.4 is 10.4 Å². The fourth-order valence-electron chi connectivity index (χ4n) is 4.44. The molecule has 5 aromatic rings. The Labute approximate surface area is 231 Å². The zero-order valence-electron chi connectivity index (χ0n) is 20.9. The van der Waals surface area contributed by atoms with Crippen LogP contribution in [0.15, 0.2) is 92.2 Å². The summed E-state index contributed by atoms with van der Waals surface area (Å²) in [5.41, 5.74) is 0.798. The highest BCUT2D eigenvalue weighted by Gasteiger charge is 2.28. The predicted octanol–water partition coefficient (Wildman–Crippen LogP) is 5.01. The van der Waals surface area contributed by atoms with Gasteiger partial charge in [-0.2, -0.15) is 14.4 Å². The van der Waals surface area contributed by atoms with E-state index in [0.29, 0.717) is 34.3 Å². The largest absolute Gasteiger partial charge is 0.463 e. The number of sulfonamides is 1. The molecule has 0 unspecified atom stereocenters. The second-order valence-electron chi connectivity index (χ2n) is 9.12. The van der Waals surface area contributed by atoms with Gasteiger partial charge in [-0.25, -0.2) is 17.8 Å². The van der Waals surface area contributed by atoms with E-state index in [-0.39, 0.29) is 26.6 Å². The van der Waals surface area contributed by atoms with Crippen molar-refractivity contribution in [3.05, 3.63) is 100 Å². The first kappa shape index (κ1) is 26.0. The minimum Gasteiger partial charge on any atom is -0.463 e. The number of hydrogen-bond acceptors (Lipinski definition) is 8. The van der Waals surface area contributed by atoms with Gasteiger partial charge in [0.15, 0.2) is 0 Å². The van der Waals surface area contributed by atoms with Crippen LogP contribution in [0.25, 0.3) is 21.2 Å². The Morgan fingerprint density at radius 1 is 1.07 bits per heavy atom. The first-order chi connectivity index (χ1) is 19.3. The van der Waals surface area contributed by atoms with Crippen LogP contribution in [0.4, 0.5) is 9.52 Å². The number of hydrazone groups is 1. The molecule has 40 heavy (non-hydrogen) atoms. The molecule has 0 atom stereocenters. The number of rotatable bonds is 6. The maximum absolute atomic E-state index is 13.8. The smallest absolute Gasteiger partial charge is 0.280 e. The number of carbonyl (C=O) groups excluding carboxylic acids is 1. The Morgan fingerprint density at radius 2 is 1.82 bits per heavy atom. The Bertz CT molecular complexity index is 1950. The van der Waals surface area contributed by atoms with Gasteiger partial charge in [-0.05, 0) is 67.4 Å². The van der Waals surface area contributed by atoms with Gasteiger partial charge in [-0.15, -0.1) is 0 Å². The normalized spacial score (nSPS) is 14.4. The standard InChI is InChI=1S/C28H21FN4O5S2/c29-20-9-12-23-25(15-20)39-28(31-23)33(30-16-19-17-38-24-6-2-1-5-22(24)26(19)34)27(35)18-7-10-21(11-8-18)40(36,37)32-13-3-4-14-32/h1-2,5-12,15-17H,3-4,13-14H2/b30-16+. The predicted molar refractivity (Wildman–Crippen MR) is 151 cm³/mol. The molecular formula is C28H21FN4O5S2. The maximum atomic E-state index is 13.8. The molecule has 12 heteroatoms. The number of nitrogens with zero attached hydrogens (tertiary/aromatic N) is 4. The Kier molecular flexibility index (Phi) is 6.74. The number of aromatic nitrogens is 1. The third-order valence-electron chi connectivity index (χ3n) is 6.54. The molecular weight excluding hydrogens is 555 g/mol. The molecule has 3 aromatic carbocycles. The first-order valence-corrected chi connectivity index (χ1v) is 14.6. The van der Waals surface area contributed by atoms with Crippen LogP contribution >= 0.6 is 11.3 Å². The average Bonchev–Trinajstić information content (AvgIpc) is 3.65. The second-order valence-corrected chi connectivity index (χ2v) is 12.1. The molecule has 1 fully saturated rings. The van der Waals surface area contributed by atoms with Crippen LogP contribution in [0.5, 0.6) is 0 Å². The molecule has 1 amide bonds. The molecule has 0 N–H and O–H groups in total. The molecule has 9 nitrogen and oxygen atoms in total. The van der Waals surface area contributed by atoms with Gasteiger partial charge >= 0.3 is 0 Å². The molecule has 1 aliphatic rings. The minimum absolute atomic E-state index is 0.0882. The van der Waals surface area contributed by atoms with Crippen molar-refractivity contribution in [2.45, 2.75) is 17.7 Å². The van der Waals surface area contributed by atoms with Crippen molar-refractivity contribution in [1.29, 1.82) is 0 Å². The van der Waals surface area contributed by atoms with E-state index in [9.17, 15) is 22.4 Å². The van der Waals surface area contributed by atoms with Gasteiger partial charge in [0.05, 0.1) is 32.3 Å². The van der Waals surface area contributed by atoms with Gasteiger partial charge in [0.2, 0.25) is 20.6 Å². The number of thiazole rings is 1. The molecule has 0 spiro atoms. The van der Waals surface area contributed by atoms with Gasteiger partial charge in [0.1, 0.15) is 17.7 Å². The summed E-state index contributed by atoms with van der Waals surface area (Å²) in [6, 6.07) is 16.4. The highest BCUT2D eigenvalue weighted by Crippen LogP contribution is 2.31. The van der Waals surface area contributed by atoms with Crippen molar-refractivity contribution in [2.24, 2.45) is 5.10 Å². The molecule has 2 aromatic heterocycles. The fraction of sp³-hybridized carbons (Fsp3) is 0.143. The second kappa shape index (κ2) is 10.4. The molecule has 1 saturated heterocycles. The Hall–Kier alpha value is -4.26. The number of carbonyl (C=O) groups is 1. The molecule has 202 valence electrons. The molecule has 0 aliphatic carbocycles. The topological polar surface area (TPSA) is 113 Å². The van der Waals surface area contributed by atoms with E-state index in [1.807, 2.05) is 0 Å². The van der Waals surface area contributed by atoms with E-state index < -0.39 is 21.7 Å². The zero-order valence-corrected chi connectivity index (χ0v) is 22.5. The van der Waals surface area contributed by atoms with Gasteiger partial charge < -0.3 is 4.42 Å². The van der Waals surface area contributed by atoms with Gasteiger partial charge in [0.25, 0.3) is 5.91 Å². The van der Waals surface area contributed by atoms with Crippen molar-refractivity contribution in [1.82, 2.24) is 9.29 Å². The SMILES string of the molecule is O=C(c1ccc(S(=O)(=O)N2CCCC2)cc1)N(/N=C/c1coc2ccccc2c1=O)c1nc2ccc(F)cc2s1. The zero-order chi connectivity index (χ0) is 27.9. The molecule has 3 heterocycles. The highest BCUT2D eigenvalue weighted by molar-refractivity contribution is 7.89. The van der Waals surface area contributed by atoms with Crippen molar-refractivity contribution >= 4 is 59.8 Å². The number of fused-ring (bicyclic) bond motifs is 2. The number of hydrogen-bond donors (Lipinski definition) is 0. The Morgan fingerprint density at radius 3 is 2.60 bits per heavy atom. The average molecular weight is 577 g/mol. The third-order valence-corrected chi connectivity index (χ3v) is 9.44. The van der Waals surface area contributed by atoms with E-state index >= 15 is 0 Å². The number of amides is 1. The van der Waals surface area contributed by atoms with E-state index in [1.54, 1.807) is 24.3 Å². The fourth-order valence-corrected chi connectivity index (χ4v) is 6.90. The third kappa shape index (κ3) is 4.81. The molecule has 1 aliphatic heterocycles. The van der Waals surface area contributed by atoms with Crippen LogP contribution in [0.2, 0.25) is 0 Å². The van der Waals surface area contributed by atoms with Crippen LogP contribution in [-0.2, 0) is 10.0 Å². The highest BCUT2D eigenvalue weighted by atomic mass is 32.2. The van der Waals surface area contributed by atoms with E-state index in [1.165, 1.54) is 59.2 Å². The van der Waals surface area contributed by atoms with Crippen LogP contribution in [0.1, 0.15) is 28.8 Å². The van der Waals surface area contributed by atoms with Crippen LogP contribution in [0.3, 0.4) is 0 Å². The lowest BCUT2D eigenvalue weighted by molar-refractivity contribution is 0.0987. The van der Waals surface area contributed by atoms with Crippen LogP contribution in [0, 0.1) is 5.82 Å². The maximum Gasteiger partial charge on any atom is 0.280 e. The summed E-state index contributed by atoms with van der Waals surface area (Å²) in [5.74, 6) is -1.07. The monoisotopic (exact) mass is 576 g/mol. The Balaban J connectivity index is 1.38. The number of benzene rings is 3. The molecule has 0 saturated carbocycles. The van der Waals surface area contributed by atoms with Crippen LogP contribution in [-0.4, -0.2) is 42.9 Å². The lowest BCUT2D eigenvalue weighted by atomic mass is 10.2. The summed E-state index contributed by atoms with van der Waals surface area (Å²) in [6.07, 6.45) is 4.08. The van der Waals surface area contributed by atoms with Crippen molar-refractivity contribution < 1.29 is 22.0 Å².